The number of rotatable bonds is 9. The first-order chi connectivity index (χ1) is 14.4. The molecule has 1 saturated heterocycles. The summed E-state index contributed by atoms with van der Waals surface area (Å²) in [6, 6.07) is 5.80. The normalized spacial score (nSPS) is 17.7. The van der Waals surface area contributed by atoms with Gasteiger partial charge in [-0.05, 0) is 43.4 Å². The molecule has 1 aromatic carbocycles. The minimum atomic E-state index is -0.739. The van der Waals surface area contributed by atoms with Crippen molar-refractivity contribution < 1.29 is 13.6 Å². The zero-order valence-electron chi connectivity index (χ0n) is 17.2. The first-order valence-corrected chi connectivity index (χ1v) is 9.91. The molecule has 2 atom stereocenters. The van der Waals surface area contributed by atoms with Crippen LogP contribution in [-0.4, -0.2) is 23.9 Å². The second-order valence-electron chi connectivity index (χ2n) is 7.35. The van der Waals surface area contributed by atoms with E-state index in [0.717, 1.165) is 18.6 Å². The van der Waals surface area contributed by atoms with Gasteiger partial charge in [0.15, 0.2) is 0 Å². The molecule has 0 saturated carbocycles. The zero-order chi connectivity index (χ0) is 22.1. The van der Waals surface area contributed by atoms with Crippen molar-refractivity contribution >= 4 is 11.6 Å². The van der Waals surface area contributed by atoms with Crippen molar-refractivity contribution in [3.05, 3.63) is 66.4 Å². The number of nitriles is 1. The Morgan fingerprint density at radius 3 is 2.73 bits per heavy atom. The molecule has 0 aliphatic carbocycles. The lowest BCUT2D eigenvalue weighted by atomic mass is 9.94. The SMILES string of the molecule is C=CN=N/C(=C\C(=C)[C@H](C)CCCC(=O)N1CCC(C#N)C1)c1c(F)cccc1F. The van der Waals surface area contributed by atoms with Crippen LogP contribution < -0.4 is 0 Å². The van der Waals surface area contributed by atoms with Gasteiger partial charge in [0.1, 0.15) is 11.6 Å². The van der Waals surface area contributed by atoms with Crippen molar-refractivity contribution in [2.24, 2.45) is 22.1 Å². The molecular weight excluding hydrogens is 386 g/mol. The van der Waals surface area contributed by atoms with E-state index in [1.807, 2.05) is 6.92 Å². The fourth-order valence-electron chi connectivity index (χ4n) is 3.31. The number of likely N-dealkylation sites (tertiary alicyclic amines) is 1. The van der Waals surface area contributed by atoms with Crippen LogP contribution in [0.1, 0.15) is 38.2 Å². The molecule has 2 rings (SSSR count). The lowest BCUT2D eigenvalue weighted by molar-refractivity contribution is -0.130. The largest absolute Gasteiger partial charge is 0.341 e. The van der Waals surface area contributed by atoms with Crippen LogP contribution in [-0.2, 0) is 4.79 Å². The van der Waals surface area contributed by atoms with E-state index in [-0.39, 0.29) is 29.0 Å². The maximum absolute atomic E-state index is 14.2. The number of allylic oxidation sites excluding steroid dienone is 2. The van der Waals surface area contributed by atoms with Gasteiger partial charge in [-0.2, -0.15) is 15.5 Å². The second kappa shape index (κ2) is 11.1. The number of halogens is 2. The summed E-state index contributed by atoms with van der Waals surface area (Å²) in [6.07, 6.45) is 5.15. The molecule has 0 bridgehead atoms. The maximum atomic E-state index is 14.2. The van der Waals surface area contributed by atoms with E-state index < -0.39 is 11.6 Å². The van der Waals surface area contributed by atoms with Gasteiger partial charge in [-0.25, -0.2) is 8.78 Å². The van der Waals surface area contributed by atoms with Crippen LogP contribution in [0.4, 0.5) is 8.78 Å². The summed E-state index contributed by atoms with van der Waals surface area (Å²) in [5, 5.41) is 16.5. The van der Waals surface area contributed by atoms with Crippen LogP contribution in [0.5, 0.6) is 0 Å². The Morgan fingerprint density at radius 1 is 1.43 bits per heavy atom. The third-order valence-corrected chi connectivity index (χ3v) is 5.17. The van der Waals surface area contributed by atoms with Gasteiger partial charge < -0.3 is 4.90 Å². The summed E-state index contributed by atoms with van der Waals surface area (Å²) < 4.78 is 28.3. The molecule has 5 nitrogen and oxygen atoms in total. The molecule has 158 valence electrons. The van der Waals surface area contributed by atoms with Gasteiger partial charge in [-0.3, -0.25) is 4.79 Å². The number of nitrogens with zero attached hydrogens (tertiary/aromatic N) is 4. The van der Waals surface area contributed by atoms with Crippen LogP contribution in [0.3, 0.4) is 0 Å². The molecule has 0 aromatic heterocycles. The first-order valence-electron chi connectivity index (χ1n) is 9.91. The molecule has 1 fully saturated rings. The van der Waals surface area contributed by atoms with Crippen molar-refractivity contribution in [1.29, 1.82) is 5.26 Å². The van der Waals surface area contributed by atoms with E-state index in [4.69, 9.17) is 5.26 Å². The average molecular weight is 412 g/mol. The molecule has 0 N–H and O–H groups in total. The molecule has 1 heterocycles. The number of hydrogen-bond acceptors (Lipinski definition) is 4. The summed E-state index contributed by atoms with van der Waals surface area (Å²) in [7, 11) is 0. The van der Waals surface area contributed by atoms with Gasteiger partial charge in [0, 0.05) is 25.7 Å². The highest BCUT2D eigenvalue weighted by Crippen LogP contribution is 2.27. The van der Waals surface area contributed by atoms with Crippen molar-refractivity contribution in [3.8, 4) is 6.07 Å². The van der Waals surface area contributed by atoms with Crippen LogP contribution in [0.2, 0.25) is 0 Å². The summed E-state index contributed by atoms with van der Waals surface area (Å²) in [4.78, 5) is 14.0. The number of benzene rings is 1. The molecular formula is C23H26F2N4O. The van der Waals surface area contributed by atoms with Gasteiger partial charge in [-0.15, -0.1) is 0 Å². The third-order valence-electron chi connectivity index (χ3n) is 5.17. The van der Waals surface area contributed by atoms with Crippen LogP contribution in [0, 0.1) is 34.8 Å². The Morgan fingerprint density at radius 2 is 2.13 bits per heavy atom. The maximum Gasteiger partial charge on any atom is 0.222 e. The predicted octanol–water partition coefficient (Wildman–Crippen LogP) is 5.64. The Hall–Kier alpha value is -3.14. The highest BCUT2D eigenvalue weighted by molar-refractivity contribution is 5.76. The van der Waals surface area contributed by atoms with Crippen molar-refractivity contribution in [2.75, 3.05) is 13.1 Å². The third kappa shape index (κ3) is 6.18. The van der Waals surface area contributed by atoms with E-state index in [9.17, 15) is 13.6 Å². The van der Waals surface area contributed by atoms with Crippen molar-refractivity contribution in [2.45, 2.75) is 32.6 Å². The lowest BCUT2D eigenvalue weighted by Gasteiger charge is -2.17. The van der Waals surface area contributed by atoms with Gasteiger partial charge in [0.25, 0.3) is 0 Å². The molecule has 0 radical (unpaired) electrons. The molecule has 1 aliphatic rings. The summed E-state index contributed by atoms with van der Waals surface area (Å²) in [5.41, 5.74) is 0.388. The number of azo groups is 1. The minimum Gasteiger partial charge on any atom is -0.341 e. The quantitative estimate of drug-likeness (QED) is 0.389. The van der Waals surface area contributed by atoms with E-state index in [1.54, 1.807) is 4.90 Å². The monoisotopic (exact) mass is 412 g/mol. The molecule has 7 heteroatoms. The number of carbonyl (C=O) groups is 1. The molecule has 1 unspecified atom stereocenters. The van der Waals surface area contributed by atoms with Gasteiger partial charge in [0.2, 0.25) is 5.91 Å². The lowest BCUT2D eigenvalue weighted by Crippen LogP contribution is -2.28. The average Bonchev–Trinajstić information content (AvgIpc) is 3.20. The first kappa shape index (κ1) is 23.1. The number of hydrogen-bond donors (Lipinski definition) is 0. The molecule has 30 heavy (non-hydrogen) atoms. The smallest absolute Gasteiger partial charge is 0.222 e. The Kier molecular flexibility index (Phi) is 8.60. The van der Waals surface area contributed by atoms with Crippen LogP contribution in [0.15, 0.2) is 59.4 Å². The van der Waals surface area contributed by atoms with Crippen LogP contribution >= 0.6 is 0 Å². The Labute approximate surface area is 176 Å². The number of amides is 1. The Bertz CT molecular complexity index is 881. The highest BCUT2D eigenvalue weighted by atomic mass is 19.1. The topological polar surface area (TPSA) is 68.8 Å². The van der Waals surface area contributed by atoms with Gasteiger partial charge >= 0.3 is 0 Å². The van der Waals surface area contributed by atoms with E-state index in [0.29, 0.717) is 37.9 Å². The molecule has 1 aromatic rings. The fraction of sp³-hybridized carbons (Fsp3) is 0.391. The fourth-order valence-corrected chi connectivity index (χ4v) is 3.31. The molecule has 1 amide bonds. The van der Waals surface area contributed by atoms with E-state index in [2.05, 4.69) is 29.5 Å². The van der Waals surface area contributed by atoms with Crippen molar-refractivity contribution in [3.63, 3.8) is 0 Å². The summed E-state index contributed by atoms with van der Waals surface area (Å²) in [6.45, 7) is 10.5. The van der Waals surface area contributed by atoms with Gasteiger partial charge in [-0.1, -0.05) is 31.7 Å². The molecule has 0 spiro atoms. The highest BCUT2D eigenvalue weighted by Gasteiger charge is 2.25. The van der Waals surface area contributed by atoms with E-state index in [1.165, 1.54) is 18.3 Å². The summed E-state index contributed by atoms with van der Waals surface area (Å²) in [5.74, 6) is -1.52. The number of carbonyl (C=O) groups excluding carboxylic acids is 1. The standard InChI is InChI=1S/C23H26F2N4O/c1-4-27-28-21(23-19(24)8-6-9-20(23)25)13-17(3)16(2)7-5-10-22(30)29-12-11-18(14-26)15-29/h4,6,8-9,13,16,18H,1,3,5,7,10-12,15H2,2H3/b21-13-,28-27?/t16-,18?/m1/s1. The van der Waals surface area contributed by atoms with Crippen LogP contribution in [0.25, 0.3) is 5.70 Å². The predicted molar refractivity (Wildman–Crippen MR) is 112 cm³/mol. The van der Waals surface area contributed by atoms with E-state index >= 15 is 0 Å². The zero-order valence-corrected chi connectivity index (χ0v) is 17.2. The second-order valence-corrected chi connectivity index (χ2v) is 7.35. The molecule has 1 aliphatic heterocycles. The Balaban J connectivity index is 2.00. The van der Waals surface area contributed by atoms with Crippen molar-refractivity contribution in [1.82, 2.24) is 4.90 Å². The summed E-state index contributed by atoms with van der Waals surface area (Å²) >= 11 is 0. The van der Waals surface area contributed by atoms with Gasteiger partial charge in [0.05, 0.1) is 23.2 Å². The minimum absolute atomic E-state index is 0.0213.